The normalized spacial score (nSPS) is 18.3. The summed E-state index contributed by atoms with van der Waals surface area (Å²) in [6.45, 7) is 0. The smallest absolute Gasteiger partial charge is 0.250 e. The zero-order chi connectivity index (χ0) is 9.97. The predicted molar refractivity (Wildman–Crippen MR) is 57.2 cm³/mol. The van der Waals surface area contributed by atoms with E-state index in [2.05, 4.69) is 0 Å². The first-order valence-corrected chi connectivity index (χ1v) is 5.25. The lowest BCUT2D eigenvalue weighted by molar-refractivity contribution is 0.346. The van der Waals surface area contributed by atoms with Gasteiger partial charge in [-0.25, -0.2) is 0 Å². The van der Waals surface area contributed by atoms with E-state index in [-0.39, 0.29) is 5.56 Å². The highest BCUT2D eigenvalue weighted by atomic mass is 16.1. The number of nitrogens with two attached hydrogens (primary N) is 1. The second kappa shape index (κ2) is 3.86. The average molecular weight is 192 g/mol. The van der Waals surface area contributed by atoms with Crippen LogP contribution in [-0.4, -0.2) is 4.57 Å². The maximum absolute atomic E-state index is 11.6. The molecule has 1 heterocycles. The van der Waals surface area contributed by atoms with Crippen molar-refractivity contribution in [3.63, 3.8) is 0 Å². The summed E-state index contributed by atoms with van der Waals surface area (Å²) in [5, 5.41) is 0. The molecule has 3 heteroatoms. The van der Waals surface area contributed by atoms with Gasteiger partial charge < -0.3 is 10.3 Å². The summed E-state index contributed by atoms with van der Waals surface area (Å²) < 4.78 is 1.80. The van der Waals surface area contributed by atoms with E-state index in [1.807, 2.05) is 0 Å². The Morgan fingerprint density at radius 2 is 1.93 bits per heavy atom. The third-order valence-corrected chi connectivity index (χ3v) is 2.93. The van der Waals surface area contributed by atoms with Crippen LogP contribution in [0.25, 0.3) is 0 Å². The molecular formula is C11H16N2O. The zero-order valence-electron chi connectivity index (χ0n) is 8.28. The molecule has 0 spiro atoms. The summed E-state index contributed by atoms with van der Waals surface area (Å²) >= 11 is 0. The average Bonchev–Trinajstić information content (AvgIpc) is 2.23. The van der Waals surface area contributed by atoms with Crippen LogP contribution in [0, 0.1) is 0 Å². The van der Waals surface area contributed by atoms with Crippen LogP contribution >= 0.6 is 0 Å². The Morgan fingerprint density at radius 1 is 1.21 bits per heavy atom. The highest BCUT2D eigenvalue weighted by Crippen LogP contribution is 2.26. The van der Waals surface area contributed by atoms with Gasteiger partial charge >= 0.3 is 0 Å². The van der Waals surface area contributed by atoms with Gasteiger partial charge in [0.05, 0.1) is 0 Å². The van der Waals surface area contributed by atoms with Crippen LogP contribution in [0.4, 0.5) is 5.69 Å². The molecule has 0 unspecified atom stereocenters. The van der Waals surface area contributed by atoms with Crippen molar-refractivity contribution < 1.29 is 0 Å². The number of nitrogen functional groups attached to an aromatic ring is 1. The van der Waals surface area contributed by atoms with Crippen molar-refractivity contribution in [1.29, 1.82) is 0 Å². The molecule has 1 aliphatic rings. The monoisotopic (exact) mass is 192 g/mol. The molecule has 1 aromatic rings. The number of hydrogen-bond donors (Lipinski definition) is 1. The number of nitrogens with zero attached hydrogens (tertiary/aromatic N) is 1. The van der Waals surface area contributed by atoms with Crippen molar-refractivity contribution in [3.05, 3.63) is 28.7 Å². The van der Waals surface area contributed by atoms with Crippen molar-refractivity contribution >= 4 is 5.69 Å². The molecule has 0 aliphatic heterocycles. The van der Waals surface area contributed by atoms with E-state index in [1.54, 1.807) is 22.9 Å². The standard InChI is InChI=1S/C11H16N2O/c12-9-6-7-11(14)13(8-9)10-4-2-1-3-5-10/h6-8,10H,1-5,12H2. The Kier molecular flexibility index (Phi) is 2.57. The van der Waals surface area contributed by atoms with Crippen LogP contribution in [-0.2, 0) is 0 Å². The number of aromatic nitrogens is 1. The lowest BCUT2D eigenvalue weighted by Gasteiger charge is -2.23. The number of hydrogen-bond acceptors (Lipinski definition) is 2. The summed E-state index contributed by atoms with van der Waals surface area (Å²) in [4.78, 5) is 11.6. The van der Waals surface area contributed by atoms with E-state index in [0.717, 1.165) is 12.8 Å². The first-order chi connectivity index (χ1) is 6.77. The molecule has 0 atom stereocenters. The van der Waals surface area contributed by atoms with E-state index in [9.17, 15) is 4.79 Å². The number of anilines is 1. The molecule has 1 aliphatic carbocycles. The van der Waals surface area contributed by atoms with E-state index >= 15 is 0 Å². The van der Waals surface area contributed by atoms with Crippen molar-refractivity contribution in [3.8, 4) is 0 Å². The van der Waals surface area contributed by atoms with Crippen molar-refractivity contribution in [2.24, 2.45) is 0 Å². The Hall–Kier alpha value is -1.25. The van der Waals surface area contributed by atoms with Gasteiger partial charge in [-0.3, -0.25) is 4.79 Å². The molecule has 2 rings (SSSR count). The number of rotatable bonds is 1. The fourth-order valence-corrected chi connectivity index (χ4v) is 2.17. The molecule has 3 nitrogen and oxygen atoms in total. The van der Waals surface area contributed by atoms with Crippen LogP contribution in [0.5, 0.6) is 0 Å². The van der Waals surface area contributed by atoms with Gasteiger partial charge in [-0.15, -0.1) is 0 Å². The molecule has 1 aromatic heterocycles. The fraction of sp³-hybridized carbons (Fsp3) is 0.545. The summed E-state index contributed by atoms with van der Waals surface area (Å²) in [6.07, 6.45) is 7.76. The van der Waals surface area contributed by atoms with Crippen molar-refractivity contribution in [1.82, 2.24) is 4.57 Å². The topological polar surface area (TPSA) is 48.0 Å². The van der Waals surface area contributed by atoms with Crippen molar-refractivity contribution in [2.75, 3.05) is 5.73 Å². The van der Waals surface area contributed by atoms with Crippen LogP contribution in [0.2, 0.25) is 0 Å². The van der Waals surface area contributed by atoms with Gasteiger partial charge in [0.15, 0.2) is 0 Å². The summed E-state index contributed by atoms with van der Waals surface area (Å²) in [6, 6.07) is 3.60. The van der Waals surface area contributed by atoms with E-state index < -0.39 is 0 Å². The summed E-state index contributed by atoms with van der Waals surface area (Å²) in [5.41, 5.74) is 6.43. The van der Waals surface area contributed by atoms with Crippen LogP contribution in [0.3, 0.4) is 0 Å². The van der Waals surface area contributed by atoms with Crippen LogP contribution in [0.15, 0.2) is 23.1 Å². The molecule has 0 aromatic carbocycles. The highest BCUT2D eigenvalue weighted by molar-refractivity contribution is 5.33. The van der Waals surface area contributed by atoms with E-state index in [4.69, 9.17) is 5.73 Å². The molecule has 0 bridgehead atoms. The molecular weight excluding hydrogens is 176 g/mol. The van der Waals surface area contributed by atoms with Gasteiger partial charge in [0.25, 0.3) is 5.56 Å². The molecule has 0 saturated heterocycles. The minimum absolute atomic E-state index is 0.0751. The Morgan fingerprint density at radius 3 is 2.64 bits per heavy atom. The first-order valence-electron chi connectivity index (χ1n) is 5.25. The van der Waals surface area contributed by atoms with Gasteiger partial charge in [0, 0.05) is 24.0 Å². The van der Waals surface area contributed by atoms with Crippen LogP contribution < -0.4 is 11.3 Å². The van der Waals surface area contributed by atoms with Gasteiger partial charge in [-0.2, -0.15) is 0 Å². The van der Waals surface area contributed by atoms with Crippen molar-refractivity contribution in [2.45, 2.75) is 38.1 Å². The number of pyridine rings is 1. The summed E-state index contributed by atoms with van der Waals surface area (Å²) in [5.74, 6) is 0. The third-order valence-electron chi connectivity index (χ3n) is 2.93. The first kappa shape index (κ1) is 9.31. The lowest BCUT2D eigenvalue weighted by atomic mass is 9.95. The maximum Gasteiger partial charge on any atom is 0.250 e. The second-order valence-corrected chi connectivity index (χ2v) is 4.00. The largest absolute Gasteiger partial charge is 0.398 e. The van der Waals surface area contributed by atoms with Gasteiger partial charge in [-0.1, -0.05) is 19.3 Å². The van der Waals surface area contributed by atoms with E-state index in [0.29, 0.717) is 11.7 Å². The predicted octanol–water partition coefficient (Wildman–Crippen LogP) is 1.94. The molecule has 0 amide bonds. The Bertz CT molecular complexity index is 364. The minimum Gasteiger partial charge on any atom is -0.398 e. The fourth-order valence-electron chi connectivity index (χ4n) is 2.17. The third kappa shape index (κ3) is 1.81. The summed E-state index contributed by atoms with van der Waals surface area (Å²) in [7, 11) is 0. The SMILES string of the molecule is Nc1ccc(=O)n(C2CCCCC2)c1. The second-order valence-electron chi connectivity index (χ2n) is 4.00. The van der Waals surface area contributed by atoms with E-state index in [1.165, 1.54) is 19.3 Å². The quantitative estimate of drug-likeness (QED) is 0.739. The highest BCUT2D eigenvalue weighted by Gasteiger charge is 2.15. The molecule has 1 saturated carbocycles. The van der Waals surface area contributed by atoms with Crippen LogP contribution in [0.1, 0.15) is 38.1 Å². The van der Waals surface area contributed by atoms with Gasteiger partial charge in [0.2, 0.25) is 0 Å². The molecule has 14 heavy (non-hydrogen) atoms. The molecule has 0 radical (unpaired) electrons. The lowest BCUT2D eigenvalue weighted by Crippen LogP contribution is -2.25. The Balaban J connectivity index is 2.29. The van der Waals surface area contributed by atoms with Gasteiger partial charge in [0.1, 0.15) is 0 Å². The van der Waals surface area contributed by atoms with Gasteiger partial charge in [-0.05, 0) is 18.9 Å². The minimum atomic E-state index is 0.0751. The maximum atomic E-state index is 11.6. The molecule has 76 valence electrons. The Labute approximate surface area is 83.5 Å². The molecule has 1 fully saturated rings. The molecule has 2 N–H and O–H groups in total. The zero-order valence-corrected chi connectivity index (χ0v) is 8.28.